The Morgan fingerprint density at radius 1 is 1.16 bits per heavy atom. The number of rotatable bonds is 7. The van der Waals surface area contributed by atoms with Crippen molar-refractivity contribution in [3.8, 4) is 16.3 Å². The number of carbonyl (C=O) groups is 2. The maximum Gasteiger partial charge on any atom is 0.272 e. The lowest BCUT2D eigenvalue weighted by Crippen LogP contribution is -2.50. The molecule has 6 radical (unpaired) electrons. The van der Waals surface area contributed by atoms with Gasteiger partial charge in [-0.1, -0.05) is 11.3 Å². The van der Waals surface area contributed by atoms with Gasteiger partial charge in [0.15, 0.2) is 11.4 Å². The number of ether oxygens (including phenoxy) is 1. The number of carbonyl (C=O) groups excluding carboxylic acids is 2. The number of aromatic nitrogens is 3. The van der Waals surface area contributed by atoms with E-state index < -0.39 is 11.1 Å². The Balaban J connectivity index is 1.97. The molecule has 0 aliphatic carbocycles. The molecular formula is C19H17B3N6O3S. The second kappa shape index (κ2) is 9.43. The van der Waals surface area contributed by atoms with Crippen molar-refractivity contribution in [2.24, 2.45) is 0 Å². The minimum absolute atomic E-state index is 0.0706. The van der Waals surface area contributed by atoms with Crippen LogP contribution in [-0.2, 0) is 0 Å². The highest BCUT2D eigenvalue weighted by Gasteiger charge is 2.21. The lowest BCUT2D eigenvalue weighted by atomic mass is 9.49. The number of hydrogen-bond acceptors (Lipinski definition) is 8. The lowest BCUT2D eigenvalue weighted by molar-refractivity contribution is 0.0831. The number of hydrogen-bond donors (Lipinski definition) is 2. The molecule has 13 heteroatoms. The van der Waals surface area contributed by atoms with Gasteiger partial charge in [-0.05, 0) is 18.2 Å². The quantitative estimate of drug-likeness (QED) is 0.524. The predicted molar refractivity (Wildman–Crippen MR) is 125 cm³/mol. The van der Waals surface area contributed by atoms with Gasteiger partial charge in [0.2, 0.25) is 0 Å². The Labute approximate surface area is 193 Å². The van der Waals surface area contributed by atoms with Crippen LogP contribution in [0.5, 0.6) is 5.75 Å². The third-order valence-corrected chi connectivity index (χ3v) is 5.13. The molecule has 0 bridgehead atoms. The maximum atomic E-state index is 12.5. The Hall–Kier alpha value is -3.34. The van der Waals surface area contributed by atoms with Gasteiger partial charge in [-0.25, -0.2) is 4.98 Å². The molecule has 156 valence electrons. The third kappa shape index (κ3) is 5.28. The fraction of sp³-hybridized carbons (Fsp3) is 0.211. The van der Waals surface area contributed by atoms with E-state index in [-0.39, 0.29) is 11.6 Å². The number of anilines is 2. The van der Waals surface area contributed by atoms with E-state index in [1.807, 2.05) is 6.07 Å². The number of nitrogens with one attached hydrogen (secondary N) is 2. The van der Waals surface area contributed by atoms with Crippen molar-refractivity contribution >= 4 is 58.1 Å². The Bertz CT molecular complexity index is 1150. The molecular weight excluding hydrogens is 425 g/mol. The summed E-state index contributed by atoms with van der Waals surface area (Å²) in [5.41, 5.74) is 1.44. The van der Waals surface area contributed by atoms with Gasteiger partial charge in [0, 0.05) is 14.1 Å². The topological polar surface area (TPSA) is 109 Å². The molecule has 0 aliphatic rings. The van der Waals surface area contributed by atoms with Crippen molar-refractivity contribution in [3.63, 3.8) is 0 Å². The third-order valence-electron chi connectivity index (χ3n) is 4.11. The van der Waals surface area contributed by atoms with Crippen LogP contribution in [0.4, 0.5) is 11.4 Å². The Kier molecular flexibility index (Phi) is 6.88. The molecule has 0 saturated heterocycles. The summed E-state index contributed by atoms with van der Waals surface area (Å²) in [4.78, 5) is 31.0. The summed E-state index contributed by atoms with van der Waals surface area (Å²) in [5, 5.41) is 11.6. The molecule has 2 N–H and O–H groups in total. The predicted octanol–water partition coefficient (Wildman–Crippen LogP) is 0.901. The van der Waals surface area contributed by atoms with E-state index in [2.05, 4.69) is 25.8 Å². The number of nitrogens with zero attached hydrogens (tertiary/aromatic N) is 4. The molecule has 32 heavy (non-hydrogen) atoms. The molecule has 9 nitrogen and oxygen atoms in total. The molecule has 1 aromatic carbocycles. The van der Waals surface area contributed by atoms with E-state index in [0.29, 0.717) is 32.6 Å². The van der Waals surface area contributed by atoms with Gasteiger partial charge in [0.25, 0.3) is 11.8 Å². The zero-order valence-electron chi connectivity index (χ0n) is 17.6. The first-order valence-electron chi connectivity index (χ1n) is 9.23. The molecule has 0 spiro atoms. The summed E-state index contributed by atoms with van der Waals surface area (Å²) in [6.07, 6.45) is 2.94. The first-order valence-corrected chi connectivity index (χ1v) is 10.0. The van der Waals surface area contributed by atoms with Gasteiger partial charge in [-0.2, -0.15) is 5.10 Å². The van der Waals surface area contributed by atoms with E-state index >= 15 is 0 Å². The summed E-state index contributed by atoms with van der Waals surface area (Å²) in [6, 6.07) is 6.91. The van der Waals surface area contributed by atoms with Gasteiger partial charge in [-0.3, -0.25) is 9.59 Å². The van der Waals surface area contributed by atoms with Crippen molar-refractivity contribution in [2.45, 2.75) is 5.24 Å². The number of benzene rings is 1. The van der Waals surface area contributed by atoms with E-state index in [9.17, 15) is 9.59 Å². The molecule has 3 rings (SSSR count). The van der Waals surface area contributed by atoms with E-state index in [1.54, 1.807) is 32.3 Å². The zero-order valence-corrected chi connectivity index (χ0v) is 18.4. The summed E-state index contributed by atoms with van der Waals surface area (Å²) in [7, 11) is 21.2. The van der Waals surface area contributed by atoms with Gasteiger partial charge < -0.3 is 20.3 Å². The highest BCUT2D eigenvalue weighted by molar-refractivity contribution is 7.16. The van der Waals surface area contributed by atoms with Gasteiger partial charge in [-0.15, -0.1) is 16.4 Å². The summed E-state index contributed by atoms with van der Waals surface area (Å²) in [6.45, 7) is 0. The van der Waals surface area contributed by atoms with Crippen LogP contribution in [0.2, 0.25) is 0 Å². The van der Waals surface area contributed by atoms with E-state index in [0.717, 1.165) is 0 Å². The smallest absolute Gasteiger partial charge is 0.272 e. The lowest BCUT2D eigenvalue weighted by Gasteiger charge is -2.22. The van der Waals surface area contributed by atoms with Crippen LogP contribution in [0, 0.1) is 0 Å². The van der Waals surface area contributed by atoms with E-state index in [4.69, 9.17) is 28.3 Å². The number of amides is 2. The fourth-order valence-electron chi connectivity index (χ4n) is 2.74. The second-order valence-electron chi connectivity index (χ2n) is 6.92. The minimum Gasteiger partial charge on any atom is -0.494 e. The highest BCUT2D eigenvalue weighted by atomic mass is 32.1. The largest absolute Gasteiger partial charge is 0.494 e. The molecule has 3 aromatic rings. The molecule has 2 amide bonds. The van der Waals surface area contributed by atoms with Crippen LogP contribution >= 0.6 is 11.3 Å². The first kappa shape index (κ1) is 23.3. The van der Waals surface area contributed by atoms with Crippen LogP contribution < -0.4 is 15.4 Å². The minimum atomic E-state index is -1.92. The number of para-hydroxylation sites is 1. The molecule has 0 atom stereocenters. The molecule has 2 heterocycles. The first-order chi connectivity index (χ1) is 15.1. The average molecular weight is 442 g/mol. The maximum absolute atomic E-state index is 12.5. The average Bonchev–Trinajstić information content (AvgIpc) is 3.22. The number of methoxy groups -OCH3 is 1. The SMILES string of the molecule is [B]C([B])([B])NC(=O)c1nnccc1Nc1cccc(-c2ncc(C(=O)N(C)C)s2)c1OC. The van der Waals surface area contributed by atoms with E-state index in [1.165, 1.54) is 35.7 Å². The summed E-state index contributed by atoms with van der Waals surface area (Å²) < 4.78 is 5.61. The Morgan fingerprint density at radius 2 is 1.91 bits per heavy atom. The molecule has 0 aliphatic heterocycles. The van der Waals surface area contributed by atoms with Crippen LogP contribution in [0.15, 0.2) is 36.7 Å². The van der Waals surface area contributed by atoms with Crippen LogP contribution in [-0.4, -0.2) is 81.9 Å². The van der Waals surface area contributed by atoms with Crippen molar-refractivity contribution in [3.05, 3.63) is 47.2 Å². The van der Waals surface area contributed by atoms with Crippen molar-refractivity contribution in [1.29, 1.82) is 0 Å². The van der Waals surface area contributed by atoms with Crippen molar-refractivity contribution < 1.29 is 14.3 Å². The fourth-order valence-corrected chi connectivity index (χ4v) is 3.70. The Morgan fingerprint density at radius 3 is 2.56 bits per heavy atom. The number of thiazole rings is 1. The second-order valence-corrected chi connectivity index (χ2v) is 7.95. The molecule has 0 fully saturated rings. The van der Waals surface area contributed by atoms with Crippen molar-refractivity contribution in [1.82, 2.24) is 25.4 Å². The van der Waals surface area contributed by atoms with Gasteiger partial charge in [0.05, 0.1) is 60.0 Å². The van der Waals surface area contributed by atoms with Crippen LogP contribution in [0.25, 0.3) is 10.6 Å². The highest BCUT2D eigenvalue weighted by Crippen LogP contribution is 2.39. The van der Waals surface area contributed by atoms with Gasteiger partial charge in [0.1, 0.15) is 9.88 Å². The van der Waals surface area contributed by atoms with Crippen LogP contribution in [0.1, 0.15) is 20.2 Å². The van der Waals surface area contributed by atoms with Crippen LogP contribution in [0.3, 0.4) is 0 Å². The van der Waals surface area contributed by atoms with Crippen molar-refractivity contribution in [2.75, 3.05) is 26.5 Å². The monoisotopic (exact) mass is 442 g/mol. The summed E-state index contributed by atoms with van der Waals surface area (Å²) >= 11 is 1.24. The molecule has 0 unspecified atom stereocenters. The summed E-state index contributed by atoms with van der Waals surface area (Å²) in [5.74, 6) is -0.397. The molecule has 0 saturated carbocycles. The normalized spacial score (nSPS) is 11.0. The molecule has 2 aromatic heterocycles. The standard InChI is InChI=1S/C19H17B3N6O3S/c1-28(2)18(30)13-9-23-17(32-13)10-5-4-6-12(15(10)31-3)25-11-7-8-24-27-14(11)16(29)26-19(20,21)22/h4-9H,1-3H3,(H,24,25)(H,26,29). The van der Waals surface area contributed by atoms with Gasteiger partial charge >= 0.3 is 0 Å². The zero-order chi connectivity index (χ0) is 23.5.